The summed E-state index contributed by atoms with van der Waals surface area (Å²) < 4.78 is 29.5. The maximum atomic E-state index is 12.4. The van der Waals surface area contributed by atoms with Gasteiger partial charge in [0.05, 0.1) is 0 Å². The van der Waals surface area contributed by atoms with Crippen LogP contribution in [0.5, 0.6) is 0 Å². The zero-order chi connectivity index (χ0) is 14.0. The van der Waals surface area contributed by atoms with Crippen molar-refractivity contribution >= 4 is 10.2 Å². The number of hydrogen-bond acceptors (Lipinski definition) is 2. The molecule has 0 aromatic heterocycles. The van der Waals surface area contributed by atoms with Crippen LogP contribution in [0.4, 0.5) is 0 Å². The highest BCUT2D eigenvalue weighted by Crippen LogP contribution is 2.30. The molecule has 0 bridgehead atoms. The van der Waals surface area contributed by atoms with E-state index in [-0.39, 0.29) is 6.04 Å². The lowest BCUT2D eigenvalue weighted by atomic mass is 9.78. The molecule has 1 N–H and O–H groups in total. The van der Waals surface area contributed by atoms with Crippen molar-refractivity contribution in [3.63, 3.8) is 0 Å². The Morgan fingerprint density at radius 2 is 1.63 bits per heavy atom. The molecule has 1 aliphatic heterocycles. The summed E-state index contributed by atoms with van der Waals surface area (Å²) in [6.07, 6.45) is 5.31. The predicted octanol–water partition coefficient (Wildman–Crippen LogP) is 2.38. The minimum atomic E-state index is -3.28. The first-order chi connectivity index (χ1) is 8.90. The molecule has 0 aromatic carbocycles. The summed E-state index contributed by atoms with van der Waals surface area (Å²) in [6, 6.07) is 0.119. The summed E-state index contributed by atoms with van der Waals surface area (Å²) in [5.41, 5.74) is 0. The van der Waals surface area contributed by atoms with E-state index in [1.54, 1.807) is 4.31 Å². The minimum absolute atomic E-state index is 0.119. The van der Waals surface area contributed by atoms with Gasteiger partial charge in [-0.05, 0) is 37.0 Å². The molecule has 1 saturated heterocycles. The van der Waals surface area contributed by atoms with Crippen molar-refractivity contribution in [3.8, 4) is 0 Å². The third-order valence-corrected chi connectivity index (χ3v) is 6.74. The van der Waals surface area contributed by atoms with Crippen LogP contribution in [0.3, 0.4) is 0 Å². The second kappa shape index (κ2) is 6.10. The van der Waals surface area contributed by atoms with E-state index in [2.05, 4.69) is 25.5 Å². The van der Waals surface area contributed by atoms with Gasteiger partial charge < -0.3 is 0 Å². The molecule has 4 nitrogen and oxygen atoms in total. The molecular weight excluding hydrogens is 260 g/mol. The molecule has 2 fully saturated rings. The van der Waals surface area contributed by atoms with Crippen LogP contribution in [0.15, 0.2) is 0 Å². The number of hydrogen-bond donors (Lipinski definition) is 1. The van der Waals surface area contributed by atoms with Gasteiger partial charge in [0.2, 0.25) is 0 Å². The normalized spacial score (nSPS) is 35.4. The number of piperidine rings is 1. The van der Waals surface area contributed by atoms with Crippen LogP contribution in [0, 0.1) is 17.8 Å². The fourth-order valence-corrected chi connectivity index (χ4v) is 4.80. The van der Waals surface area contributed by atoms with Crippen LogP contribution in [0.1, 0.15) is 52.9 Å². The van der Waals surface area contributed by atoms with Crippen LogP contribution in [-0.2, 0) is 10.2 Å². The predicted molar refractivity (Wildman–Crippen MR) is 78.0 cm³/mol. The van der Waals surface area contributed by atoms with Gasteiger partial charge in [0.25, 0.3) is 10.2 Å². The standard InChI is InChI=1S/C14H28N2O2S/c1-11-7-9-16(10-8-11)19(17,18)15-14-6-4-5-12(2)13(14)3/h11-15H,4-10H2,1-3H3/t12-,13+,14+/m0/s1. The Labute approximate surface area is 118 Å². The Bertz CT molecular complexity index is 388. The monoisotopic (exact) mass is 288 g/mol. The Morgan fingerprint density at radius 1 is 1.00 bits per heavy atom. The molecule has 112 valence electrons. The largest absolute Gasteiger partial charge is 0.279 e. The zero-order valence-electron chi connectivity index (χ0n) is 12.4. The van der Waals surface area contributed by atoms with Gasteiger partial charge in [-0.1, -0.05) is 33.6 Å². The van der Waals surface area contributed by atoms with E-state index in [9.17, 15) is 8.42 Å². The molecule has 2 rings (SSSR count). The second-order valence-corrected chi connectivity index (χ2v) is 8.28. The van der Waals surface area contributed by atoms with Crippen LogP contribution in [-0.4, -0.2) is 31.9 Å². The average Bonchev–Trinajstić information content (AvgIpc) is 2.35. The highest BCUT2D eigenvalue weighted by Gasteiger charge is 2.33. The smallest absolute Gasteiger partial charge is 0.199 e. The van der Waals surface area contributed by atoms with Gasteiger partial charge in [-0.15, -0.1) is 0 Å². The lowest BCUT2D eigenvalue weighted by Crippen LogP contribution is -2.51. The van der Waals surface area contributed by atoms with E-state index >= 15 is 0 Å². The zero-order valence-corrected chi connectivity index (χ0v) is 13.2. The maximum absolute atomic E-state index is 12.4. The van der Waals surface area contributed by atoms with Crippen molar-refractivity contribution < 1.29 is 8.42 Å². The average molecular weight is 288 g/mol. The lowest BCUT2D eigenvalue weighted by Gasteiger charge is -2.37. The summed E-state index contributed by atoms with van der Waals surface area (Å²) in [6.45, 7) is 7.95. The summed E-state index contributed by atoms with van der Waals surface area (Å²) in [7, 11) is -3.28. The fraction of sp³-hybridized carbons (Fsp3) is 1.00. The molecule has 19 heavy (non-hydrogen) atoms. The molecular formula is C14H28N2O2S. The molecule has 5 heteroatoms. The first-order valence-electron chi connectivity index (χ1n) is 7.67. The third-order valence-electron chi connectivity index (χ3n) is 5.09. The topological polar surface area (TPSA) is 49.4 Å². The van der Waals surface area contributed by atoms with Crippen molar-refractivity contribution in [1.82, 2.24) is 9.03 Å². The van der Waals surface area contributed by atoms with Crippen molar-refractivity contribution in [2.75, 3.05) is 13.1 Å². The number of nitrogens with one attached hydrogen (secondary N) is 1. The van der Waals surface area contributed by atoms with E-state index in [0.29, 0.717) is 30.8 Å². The molecule has 0 spiro atoms. The van der Waals surface area contributed by atoms with Gasteiger partial charge >= 0.3 is 0 Å². The molecule has 0 radical (unpaired) electrons. The quantitative estimate of drug-likeness (QED) is 0.867. The Hall–Kier alpha value is -0.130. The van der Waals surface area contributed by atoms with E-state index < -0.39 is 10.2 Å². The molecule has 0 unspecified atom stereocenters. The molecule has 1 saturated carbocycles. The van der Waals surface area contributed by atoms with E-state index in [0.717, 1.165) is 25.7 Å². The van der Waals surface area contributed by atoms with Gasteiger partial charge in [-0.3, -0.25) is 0 Å². The molecule has 1 heterocycles. The molecule has 3 atom stereocenters. The minimum Gasteiger partial charge on any atom is -0.199 e. The van der Waals surface area contributed by atoms with Gasteiger partial charge in [-0.25, -0.2) is 0 Å². The molecule has 2 aliphatic rings. The Kier molecular flexibility index (Phi) is 4.90. The summed E-state index contributed by atoms with van der Waals surface area (Å²) >= 11 is 0. The lowest BCUT2D eigenvalue weighted by molar-refractivity contribution is 0.219. The third kappa shape index (κ3) is 3.70. The van der Waals surface area contributed by atoms with Crippen molar-refractivity contribution in [3.05, 3.63) is 0 Å². The van der Waals surface area contributed by atoms with Crippen molar-refractivity contribution in [1.29, 1.82) is 0 Å². The molecule has 1 aliphatic carbocycles. The molecule has 0 amide bonds. The van der Waals surface area contributed by atoms with Gasteiger partial charge in [0.15, 0.2) is 0 Å². The first-order valence-corrected chi connectivity index (χ1v) is 9.11. The van der Waals surface area contributed by atoms with Crippen LogP contribution < -0.4 is 4.72 Å². The van der Waals surface area contributed by atoms with E-state index in [1.165, 1.54) is 6.42 Å². The van der Waals surface area contributed by atoms with Crippen LogP contribution in [0.2, 0.25) is 0 Å². The second-order valence-electron chi connectivity index (χ2n) is 6.58. The highest BCUT2D eigenvalue weighted by molar-refractivity contribution is 7.87. The number of nitrogens with zero attached hydrogens (tertiary/aromatic N) is 1. The fourth-order valence-electron chi connectivity index (χ4n) is 3.24. The van der Waals surface area contributed by atoms with E-state index in [4.69, 9.17) is 0 Å². The maximum Gasteiger partial charge on any atom is 0.279 e. The van der Waals surface area contributed by atoms with Crippen LogP contribution in [0.25, 0.3) is 0 Å². The summed E-state index contributed by atoms with van der Waals surface area (Å²) in [4.78, 5) is 0. The van der Waals surface area contributed by atoms with Crippen LogP contribution >= 0.6 is 0 Å². The Morgan fingerprint density at radius 3 is 2.26 bits per heavy atom. The van der Waals surface area contributed by atoms with Crippen molar-refractivity contribution in [2.24, 2.45) is 17.8 Å². The SMILES string of the molecule is CC1CCN(S(=O)(=O)N[C@@H]2CCC[C@H](C)[C@H]2C)CC1. The van der Waals surface area contributed by atoms with Gasteiger partial charge in [0, 0.05) is 19.1 Å². The van der Waals surface area contributed by atoms with Crippen molar-refractivity contribution in [2.45, 2.75) is 58.9 Å². The highest BCUT2D eigenvalue weighted by atomic mass is 32.2. The number of rotatable bonds is 3. The van der Waals surface area contributed by atoms with Gasteiger partial charge in [0.1, 0.15) is 0 Å². The van der Waals surface area contributed by atoms with Gasteiger partial charge in [-0.2, -0.15) is 17.4 Å². The summed E-state index contributed by atoms with van der Waals surface area (Å²) in [5, 5.41) is 0. The Balaban J connectivity index is 1.96. The summed E-state index contributed by atoms with van der Waals surface area (Å²) in [5.74, 6) is 1.70. The van der Waals surface area contributed by atoms with E-state index in [1.807, 2.05) is 0 Å². The molecule has 0 aromatic rings. The first kappa shape index (κ1) is 15.3.